The minimum Gasteiger partial charge on any atom is -0.434 e. The van der Waals surface area contributed by atoms with Crippen LogP contribution in [-0.2, 0) is 27.8 Å². The molecule has 2 atom stereocenters. The summed E-state index contributed by atoms with van der Waals surface area (Å²) in [7, 11) is 1.61. The van der Waals surface area contributed by atoms with Crippen LogP contribution in [0.4, 0.5) is 15.0 Å². The van der Waals surface area contributed by atoms with E-state index in [1.807, 2.05) is 27.7 Å². The quantitative estimate of drug-likeness (QED) is 0.353. The number of nitrogens with one attached hydrogen (secondary N) is 1. The van der Waals surface area contributed by atoms with Gasteiger partial charge in [-0.05, 0) is 42.5 Å². The van der Waals surface area contributed by atoms with Crippen molar-refractivity contribution >= 4 is 23.6 Å². The zero-order chi connectivity index (χ0) is 28.1. The Morgan fingerprint density at radius 1 is 1.16 bits per heavy atom. The van der Waals surface area contributed by atoms with Gasteiger partial charge >= 0.3 is 6.09 Å². The van der Waals surface area contributed by atoms with E-state index in [2.05, 4.69) is 20.6 Å². The maximum atomic E-state index is 13.9. The van der Waals surface area contributed by atoms with Gasteiger partial charge in [0.1, 0.15) is 11.6 Å². The Morgan fingerprint density at radius 2 is 1.84 bits per heavy atom. The van der Waals surface area contributed by atoms with Crippen LogP contribution in [0.3, 0.4) is 0 Å². The second kappa shape index (κ2) is 11.5. The van der Waals surface area contributed by atoms with Crippen LogP contribution in [0.5, 0.6) is 0 Å². The highest BCUT2D eigenvalue weighted by molar-refractivity contribution is 6.43. The Kier molecular flexibility index (Phi) is 8.64. The van der Waals surface area contributed by atoms with Crippen molar-refractivity contribution in [3.63, 3.8) is 0 Å². The monoisotopic (exact) mass is 528 g/mol. The van der Waals surface area contributed by atoms with Crippen molar-refractivity contribution in [3.05, 3.63) is 48.2 Å². The number of carbonyl (C=O) groups excluding carboxylic acids is 3. The highest BCUT2D eigenvalue weighted by Gasteiger charge is 2.55. The molecular formula is C26H33FN6O5. The molecule has 0 fully saturated rings. The number of halogens is 1. The number of ketones is 1. The molecule has 1 aromatic carbocycles. The van der Waals surface area contributed by atoms with Gasteiger partial charge in [-0.2, -0.15) is 5.10 Å². The average Bonchev–Trinajstić information content (AvgIpc) is 3.48. The predicted molar refractivity (Wildman–Crippen MR) is 136 cm³/mol. The molecule has 3 rings (SSSR count). The molecule has 0 saturated heterocycles. The summed E-state index contributed by atoms with van der Waals surface area (Å²) in [6.07, 6.45) is 1.46. The molecule has 12 heteroatoms. The van der Waals surface area contributed by atoms with E-state index in [0.717, 1.165) is 0 Å². The smallest absolute Gasteiger partial charge is 0.405 e. The third kappa shape index (κ3) is 6.42. The number of amides is 2. The van der Waals surface area contributed by atoms with Crippen molar-refractivity contribution in [2.24, 2.45) is 24.1 Å². The Morgan fingerprint density at radius 3 is 2.39 bits per heavy atom. The first-order chi connectivity index (χ1) is 17.9. The van der Waals surface area contributed by atoms with Crippen LogP contribution in [0.2, 0.25) is 0 Å². The van der Waals surface area contributed by atoms with Crippen LogP contribution < -0.4 is 11.1 Å². The molecule has 0 radical (unpaired) electrons. The fourth-order valence-corrected chi connectivity index (χ4v) is 4.49. The largest absolute Gasteiger partial charge is 0.434 e. The van der Waals surface area contributed by atoms with Crippen molar-refractivity contribution in [1.29, 1.82) is 0 Å². The van der Waals surface area contributed by atoms with Crippen molar-refractivity contribution < 1.29 is 27.9 Å². The molecule has 11 nitrogen and oxygen atoms in total. The number of ether oxygens (including phenoxy) is 1. The van der Waals surface area contributed by atoms with Crippen LogP contribution in [0.25, 0.3) is 11.5 Å². The van der Waals surface area contributed by atoms with E-state index in [9.17, 15) is 18.8 Å². The average molecular weight is 529 g/mol. The van der Waals surface area contributed by atoms with E-state index in [1.54, 1.807) is 7.05 Å². The number of Topliss-reactive ketones (excluding diaryl/α,β-unsaturated/α-hetero) is 1. The Balaban J connectivity index is 2.04. The Hall–Kier alpha value is -4.09. The summed E-state index contributed by atoms with van der Waals surface area (Å²) in [5.74, 6) is -2.53. The van der Waals surface area contributed by atoms with Gasteiger partial charge in [0, 0.05) is 31.0 Å². The number of primary amides is 1. The lowest BCUT2D eigenvalue weighted by molar-refractivity contribution is -0.157. The molecule has 3 N–H and O–H groups in total. The third-order valence-electron chi connectivity index (χ3n) is 6.38. The van der Waals surface area contributed by atoms with Gasteiger partial charge < -0.3 is 20.2 Å². The van der Waals surface area contributed by atoms with E-state index in [1.165, 1.54) is 41.2 Å². The molecular weight excluding hydrogens is 495 g/mol. The van der Waals surface area contributed by atoms with Crippen LogP contribution in [0.1, 0.15) is 52.8 Å². The maximum Gasteiger partial charge on any atom is 0.405 e. The van der Waals surface area contributed by atoms with Crippen molar-refractivity contribution in [3.8, 4) is 11.5 Å². The third-order valence-corrected chi connectivity index (χ3v) is 6.38. The molecule has 2 heterocycles. The first-order valence-electron chi connectivity index (χ1n) is 12.3. The van der Waals surface area contributed by atoms with Crippen molar-refractivity contribution in [1.82, 2.24) is 20.0 Å². The summed E-state index contributed by atoms with van der Waals surface area (Å²) in [5, 5.41) is 14.7. The molecule has 0 aliphatic rings. The molecule has 0 saturated carbocycles. The molecule has 3 aromatic rings. The van der Waals surface area contributed by atoms with Crippen LogP contribution in [0, 0.1) is 17.2 Å². The van der Waals surface area contributed by atoms with Crippen molar-refractivity contribution in [2.75, 3.05) is 5.32 Å². The number of nitrogens with zero attached hydrogens (tertiary/aromatic N) is 4. The summed E-state index contributed by atoms with van der Waals surface area (Å²) < 4.78 is 26.2. The highest BCUT2D eigenvalue weighted by atomic mass is 19.1. The summed E-state index contributed by atoms with van der Waals surface area (Å²) >= 11 is 0. The van der Waals surface area contributed by atoms with E-state index >= 15 is 0 Å². The SMILES string of the molecule is CCCC[C@@](OC(N)=O)(C(=O)C(=O)Nc1ccnn1C)C(Cc1nnc(-c2ccc(F)cc2)o1)C(C)(C)C. The molecule has 204 valence electrons. The molecule has 2 aromatic heterocycles. The van der Waals surface area contributed by atoms with Crippen LogP contribution in [-0.4, -0.2) is 43.4 Å². The summed E-state index contributed by atoms with van der Waals surface area (Å²) in [6, 6.07) is 7.08. The number of rotatable bonds is 11. The van der Waals surface area contributed by atoms with Crippen LogP contribution in [0.15, 0.2) is 40.9 Å². The lowest BCUT2D eigenvalue weighted by atomic mass is 9.65. The Bertz CT molecular complexity index is 1280. The first kappa shape index (κ1) is 28.5. The predicted octanol–water partition coefficient (Wildman–Crippen LogP) is 4.05. The molecule has 0 bridgehead atoms. The zero-order valence-electron chi connectivity index (χ0n) is 22.2. The molecule has 0 aliphatic heterocycles. The topological polar surface area (TPSA) is 155 Å². The number of aryl methyl sites for hydroxylation is 1. The molecule has 2 amide bonds. The highest BCUT2D eigenvalue weighted by Crippen LogP contribution is 2.43. The number of hydrogen-bond donors (Lipinski definition) is 2. The molecule has 0 aliphatic carbocycles. The lowest BCUT2D eigenvalue weighted by Gasteiger charge is -2.44. The van der Waals surface area contributed by atoms with E-state index < -0.39 is 40.5 Å². The number of carbonyl (C=O) groups is 3. The minimum absolute atomic E-state index is 0.000576. The first-order valence-corrected chi connectivity index (χ1v) is 12.3. The second-order valence-electron chi connectivity index (χ2n) is 10.2. The van der Waals surface area contributed by atoms with Gasteiger partial charge in [-0.1, -0.05) is 34.1 Å². The lowest BCUT2D eigenvalue weighted by Crippen LogP contribution is -2.58. The fraction of sp³-hybridized carbons (Fsp3) is 0.462. The van der Waals surface area contributed by atoms with Gasteiger partial charge in [0.25, 0.3) is 11.7 Å². The maximum absolute atomic E-state index is 13.9. The van der Waals surface area contributed by atoms with Crippen molar-refractivity contribution in [2.45, 2.75) is 59.0 Å². The molecule has 1 unspecified atom stereocenters. The number of benzene rings is 1. The van der Waals surface area contributed by atoms with E-state index in [-0.39, 0.29) is 24.6 Å². The van der Waals surface area contributed by atoms with Gasteiger partial charge in [0.05, 0.1) is 6.20 Å². The standard InChI is InChI=1S/C26H33FN6O5/c1-6-7-13-26(38-24(28)36,21(34)22(35)30-19-12-14-29-33(19)5)18(25(2,3)4)15-20-31-32-23(37-20)16-8-10-17(27)11-9-16/h8-12,14,18H,6-7,13,15H2,1-5H3,(H2,28,36)(H,30,35)/t18?,26-/m0/s1. The normalized spacial score (nSPS) is 13.9. The van der Waals surface area contributed by atoms with E-state index in [4.69, 9.17) is 14.9 Å². The fourth-order valence-electron chi connectivity index (χ4n) is 4.49. The second-order valence-corrected chi connectivity index (χ2v) is 10.2. The van der Waals surface area contributed by atoms with Gasteiger partial charge in [-0.3, -0.25) is 14.3 Å². The molecule has 38 heavy (non-hydrogen) atoms. The number of nitrogens with two attached hydrogens (primary N) is 1. The van der Waals surface area contributed by atoms with Gasteiger partial charge in [0.15, 0.2) is 5.60 Å². The summed E-state index contributed by atoms with van der Waals surface area (Å²) in [6.45, 7) is 7.47. The number of anilines is 1. The van der Waals surface area contributed by atoms with Gasteiger partial charge in [0.2, 0.25) is 11.8 Å². The number of unbranched alkanes of at least 4 members (excludes halogenated alkanes) is 1. The number of aromatic nitrogens is 4. The Labute approximate surface area is 219 Å². The van der Waals surface area contributed by atoms with Gasteiger partial charge in [-0.15, -0.1) is 10.2 Å². The van der Waals surface area contributed by atoms with Crippen LogP contribution >= 0.6 is 0 Å². The number of hydrogen-bond acceptors (Lipinski definition) is 8. The van der Waals surface area contributed by atoms with Gasteiger partial charge in [-0.25, -0.2) is 9.18 Å². The summed E-state index contributed by atoms with van der Waals surface area (Å²) in [5.41, 5.74) is 3.36. The summed E-state index contributed by atoms with van der Waals surface area (Å²) in [4.78, 5) is 39.3. The van der Waals surface area contributed by atoms with E-state index in [0.29, 0.717) is 24.2 Å². The molecule has 0 spiro atoms. The minimum atomic E-state index is -1.92. The zero-order valence-corrected chi connectivity index (χ0v) is 22.2.